The second kappa shape index (κ2) is 6.05. The van der Waals surface area contributed by atoms with Gasteiger partial charge in [0.25, 0.3) is 0 Å². The molecule has 0 spiro atoms. The van der Waals surface area contributed by atoms with Gasteiger partial charge < -0.3 is 20.3 Å². The van der Waals surface area contributed by atoms with Gasteiger partial charge >= 0.3 is 13.3 Å². The number of rotatable bonds is 4. The zero-order chi connectivity index (χ0) is 15.8. The van der Waals surface area contributed by atoms with Gasteiger partial charge in [-0.25, -0.2) is 9.18 Å². The van der Waals surface area contributed by atoms with E-state index >= 15 is 0 Å². The molecular formula is C10H15FN3O5PS. The first kappa shape index (κ1) is 16.4. The number of hydrogen-bond acceptors (Lipinski definition) is 7. The highest BCUT2D eigenvalue weighted by molar-refractivity contribution is 8.00. The molecule has 1 saturated heterocycles. The fraction of sp³-hybridized carbons (Fsp3) is 0.600. The standard InChI is InChI=1S/C10H15FN3O5PS/c1-20(17,18)19-4-5-8(15)7(11)9(21-5)14-3-2-6(12)13-10(14)16/h2-3,5,7-9,15H,4H2,1H3,(H,17,18)(H2,12,13,16)/t5-,7+,8-,9-/m1/s1. The summed E-state index contributed by atoms with van der Waals surface area (Å²) < 4.78 is 30.9. The van der Waals surface area contributed by atoms with Crippen molar-refractivity contribution in [2.24, 2.45) is 0 Å². The van der Waals surface area contributed by atoms with E-state index in [1.54, 1.807) is 0 Å². The third-order valence-electron chi connectivity index (χ3n) is 2.90. The minimum absolute atomic E-state index is 0.0160. The second-order valence-corrected chi connectivity index (χ2v) is 7.87. The molecule has 21 heavy (non-hydrogen) atoms. The first-order valence-corrected chi connectivity index (χ1v) is 8.93. The van der Waals surface area contributed by atoms with Gasteiger partial charge in [0.15, 0.2) is 6.17 Å². The van der Waals surface area contributed by atoms with Crippen LogP contribution in [-0.2, 0) is 9.09 Å². The molecule has 0 amide bonds. The average Bonchev–Trinajstić information content (AvgIpc) is 2.64. The number of nitrogens with two attached hydrogens (primary N) is 1. The van der Waals surface area contributed by atoms with E-state index in [4.69, 9.17) is 15.2 Å². The zero-order valence-corrected chi connectivity index (χ0v) is 12.7. The van der Waals surface area contributed by atoms with E-state index in [9.17, 15) is 18.9 Å². The van der Waals surface area contributed by atoms with Gasteiger partial charge in [0, 0.05) is 12.9 Å². The minimum Gasteiger partial charge on any atom is -0.389 e. The summed E-state index contributed by atoms with van der Waals surface area (Å²) in [6, 6.07) is 1.35. The molecule has 0 bridgehead atoms. The third-order valence-corrected chi connectivity index (χ3v) is 5.06. The number of aliphatic hydroxyl groups is 1. The number of thioether (sulfide) groups is 1. The van der Waals surface area contributed by atoms with Crippen molar-refractivity contribution in [1.29, 1.82) is 0 Å². The lowest BCUT2D eigenvalue weighted by atomic mass is 10.1. The Balaban J connectivity index is 2.16. The molecule has 5 atom stereocenters. The molecule has 1 unspecified atom stereocenters. The Bertz CT molecular complexity index is 623. The molecule has 1 aliphatic heterocycles. The van der Waals surface area contributed by atoms with E-state index in [1.807, 2.05) is 0 Å². The van der Waals surface area contributed by atoms with Crippen LogP contribution in [0.2, 0.25) is 0 Å². The minimum atomic E-state index is -3.72. The highest BCUT2D eigenvalue weighted by atomic mass is 32.2. The Labute approximate surface area is 123 Å². The number of aromatic nitrogens is 2. The number of halogens is 1. The predicted molar refractivity (Wildman–Crippen MR) is 75.9 cm³/mol. The molecular weight excluding hydrogens is 324 g/mol. The summed E-state index contributed by atoms with van der Waals surface area (Å²) in [4.78, 5) is 24.3. The summed E-state index contributed by atoms with van der Waals surface area (Å²) in [5.74, 6) is 0.0160. The van der Waals surface area contributed by atoms with Gasteiger partial charge in [-0.15, -0.1) is 11.8 Å². The predicted octanol–water partition coefficient (Wildman–Crippen LogP) is -0.0297. The molecule has 2 rings (SSSR count). The lowest BCUT2D eigenvalue weighted by Gasteiger charge is -2.15. The first-order valence-electron chi connectivity index (χ1n) is 5.96. The fourth-order valence-electron chi connectivity index (χ4n) is 1.90. The van der Waals surface area contributed by atoms with Crippen molar-refractivity contribution >= 4 is 25.2 Å². The van der Waals surface area contributed by atoms with E-state index in [0.717, 1.165) is 23.0 Å². The molecule has 1 aromatic heterocycles. The zero-order valence-electron chi connectivity index (χ0n) is 11.0. The van der Waals surface area contributed by atoms with Crippen LogP contribution in [0.1, 0.15) is 5.37 Å². The van der Waals surface area contributed by atoms with Gasteiger partial charge in [-0.1, -0.05) is 0 Å². The van der Waals surface area contributed by atoms with Crippen molar-refractivity contribution in [3.8, 4) is 0 Å². The van der Waals surface area contributed by atoms with Gasteiger partial charge in [0.2, 0.25) is 0 Å². The normalized spacial score (nSPS) is 32.0. The SMILES string of the molecule is CP(=O)(O)OC[C@H]1S[C@@H](n2ccc(N)nc2=O)[C@@H](F)[C@@H]1O. The molecule has 11 heteroatoms. The van der Waals surface area contributed by atoms with Crippen molar-refractivity contribution in [1.82, 2.24) is 9.55 Å². The lowest BCUT2D eigenvalue weighted by molar-refractivity contribution is 0.0646. The van der Waals surface area contributed by atoms with Gasteiger partial charge in [-0.2, -0.15) is 4.98 Å². The number of aliphatic hydroxyl groups excluding tert-OH is 1. The summed E-state index contributed by atoms with van der Waals surface area (Å²) in [5, 5.41) is 8.06. The summed E-state index contributed by atoms with van der Waals surface area (Å²) in [7, 11) is -3.72. The Hall–Kier alpha value is -0.930. The molecule has 4 N–H and O–H groups in total. The van der Waals surface area contributed by atoms with Crippen molar-refractivity contribution in [2.45, 2.75) is 22.9 Å². The van der Waals surface area contributed by atoms with Crippen molar-refractivity contribution in [3.05, 3.63) is 22.7 Å². The van der Waals surface area contributed by atoms with E-state index in [2.05, 4.69) is 4.98 Å². The summed E-state index contributed by atoms with van der Waals surface area (Å²) >= 11 is 0.941. The molecule has 1 fully saturated rings. The summed E-state index contributed by atoms with van der Waals surface area (Å²) in [5.41, 5.74) is 4.63. The van der Waals surface area contributed by atoms with Gasteiger partial charge in [0.1, 0.15) is 17.3 Å². The van der Waals surface area contributed by atoms with Crippen LogP contribution in [-0.4, -0.2) is 50.3 Å². The van der Waals surface area contributed by atoms with Crippen molar-refractivity contribution < 1.29 is 23.5 Å². The fourth-order valence-corrected chi connectivity index (χ4v) is 3.85. The number of anilines is 1. The van der Waals surface area contributed by atoms with Crippen LogP contribution in [0, 0.1) is 0 Å². The van der Waals surface area contributed by atoms with Crippen LogP contribution in [0.5, 0.6) is 0 Å². The van der Waals surface area contributed by atoms with Gasteiger partial charge in [0.05, 0.1) is 11.9 Å². The Kier molecular flexibility index (Phi) is 4.74. The van der Waals surface area contributed by atoms with E-state index in [0.29, 0.717) is 0 Å². The second-order valence-electron chi connectivity index (χ2n) is 4.64. The Morgan fingerprint density at radius 3 is 2.90 bits per heavy atom. The van der Waals surface area contributed by atoms with Gasteiger partial charge in [-0.05, 0) is 6.07 Å². The molecule has 8 nitrogen and oxygen atoms in total. The van der Waals surface area contributed by atoms with Crippen LogP contribution in [0.25, 0.3) is 0 Å². The highest BCUT2D eigenvalue weighted by Crippen LogP contribution is 2.45. The van der Waals surface area contributed by atoms with E-state index in [1.165, 1.54) is 12.3 Å². The molecule has 0 aliphatic carbocycles. The quantitative estimate of drug-likeness (QED) is 0.653. The van der Waals surface area contributed by atoms with Crippen LogP contribution in [0.3, 0.4) is 0 Å². The topological polar surface area (TPSA) is 128 Å². The Morgan fingerprint density at radius 1 is 1.67 bits per heavy atom. The van der Waals surface area contributed by atoms with E-state index < -0.39 is 36.2 Å². The van der Waals surface area contributed by atoms with Gasteiger partial charge in [-0.3, -0.25) is 9.13 Å². The largest absolute Gasteiger partial charge is 0.389 e. The molecule has 1 aliphatic rings. The van der Waals surface area contributed by atoms with E-state index in [-0.39, 0.29) is 12.4 Å². The summed E-state index contributed by atoms with van der Waals surface area (Å²) in [6.07, 6.45) is -1.86. The number of alkyl halides is 1. The Morgan fingerprint density at radius 2 is 2.33 bits per heavy atom. The van der Waals surface area contributed by atoms with Crippen LogP contribution in [0.15, 0.2) is 17.1 Å². The maximum absolute atomic E-state index is 14.1. The number of nitrogen functional groups attached to an aromatic ring is 1. The average molecular weight is 339 g/mol. The number of nitrogens with zero attached hydrogens (tertiary/aromatic N) is 2. The van der Waals surface area contributed by atoms with Crippen LogP contribution >= 0.6 is 19.4 Å². The molecule has 0 radical (unpaired) electrons. The van der Waals surface area contributed by atoms with Crippen molar-refractivity contribution in [3.63, 3.8) is 0 Å². The smallest absolute Gasteiger partial charge is 0.350 e. The third kappa shape index (κ3) is 3.83. The van der Waals surface area contributed by atoms with Crippen LogP contribution < -0.4 is 11.4 Å². The maximum Gasteiger partial charge on any atom is 0.350 e. The molecule has 0 aromatic carbocycles. The highest BCUT2D eigenvalue weighted by Gasteiger charge is 2.45. The number of hydrogen-bond donors (Lipinski definition) is 3. The first-order chi connectivity index (χ1) is 9.69. The molecule has 0 saturated carbocycles. The monoisotopic (exact) mass is 339 g/mol. The van der Waals surface area contributed by atoms with Crippen molar-refractivity contribution in [2.75, 3.05) is 19.0 Å². The molecule has 118 valence electrons. The maximum atomic E-state index is 14.1. The van der Waals surface area contributed by atoms with Crippen LogP contribution in [0.4, 0.5) is 10.2 Å². The molecule has 2 heterocycles. The summed E-state index contributed by atoms with van der Waals surface area (Å²) in [6.45, 7) is 0.696. The molecule has 1 aromatic rings. The lowest BCUT2D eigenvalue weighted by Crippen LogP contribution is -2.33.